The van der Waals surface area contributed by atoms with Crippen LogP contribution in [0.4, 0.5) is 0 Å². The summed E-state index contributed by atoms with van der Waals surface area (Å²) in [7, 11) is 1.33. The Balaban J connectivity index is -0.000000115. The Morgan fingerprint density at radius 3 is 1.41 bits per heavy atom. The summed E-state index contributed by atoms with van der Waals surface area (Å²) in [4.78, 5) is 29.9. The SMILES string of the molecule is C=C(C)C(=O)O.C=C(C)C(=O)OC.C=CC(=O)OCC.CCCCCCCCCCCCS.N. The average Bonchev–Trinajstić information content (AvgIpc) is 2.78. The first-order chi connectivity index (χ1) is 15.5. The van der Waals surface area contributed by atoms with Gasteiger partial charge in [0.25, 0.3) is 0 Å². The molecule has 0 saturated heterocycles. The van der Waals surface area contributed by atoms with E-state index in [1.165, 1.54) is 78.2 Å². The van der Waals surface area contributed by atoms with Gasteiger partial charge in [-0.3, -0.25) is 0 Å². The smallest absolute Gasteiger partial charge is 0.332 e. The van der Waals surface area contributed by atoms with Crippen LogP contribution in [0.2, 0.25) is 0 Å². The molecule has 4 N–H and O–H groups in total. The molecule has 0 heterocycles. The van der Waals surface area contributed by atoms with E-state index in [0.717, 1.165) is 11.8 Å². The van der Waals surface area contributed by atoms with Gasteiger partial charge < -0.3 is 20.7 Å². The zero-order chi connectivity index (χ0) is 26.5. The number of aliphatic carboxylic acids is 1. The average molecular weight is 506 g/mol. The van der Waals surface area contributed by atoms with Gasteiger partial charge in [-0.2, -0.15) is 12.6 Å². The molecule has 8 heteroatoms. The third-order valence-electron chi connectivity index (χ3n) is 3.86. The lowest BCUT2D eigenvalue weighted by molar-refractivity contribution is -0.137. The quantitative estimate of drug-likeness (QED) is 0.0993. The fraction of sp³-hybridized carbons (Fsp3) is 0.654. The van der Waals surface area contributed by atoms with E-state index in [4.69, 9.17) is 5.11 Å². The van der Waals surface area contributed by atoms with Gasteiger partial charge in [-0.25, -0.2) is 14.4 Å². The standard InChI is InChI=1S/C12H26S.2C5H8O2.C4H6O2.H3N/c1-2-3-4-5-6-7-8-9-10-11-12-13;1-4(2)5(6)7-3;1-3-5(6)7-4-2;1-3(2)4(5)6;/h13H,2-12H2,1H3;1H2,2-3H3;3H,1,4H2,2H3;1H2,2H3,(H,5,6);1H3. The minimum absolute atomic E-state index is 0. The lowest BCUT2D eigenvalue weighted by Gasteiger charge is -2.00. The number of carboxylic acid groups (broad SMARTS) is 1. The van der Waals surface area contributed by atoms with E-state index in [-0.39, 0.29) is 23.7 Å². The molecule has 202 valence electrons. The number of methoxy groups -OCH3 is 1. The molecule has 0 atom stereocenters. The topological polar surface area (TPSA) is 125 Å². The van der Waals surface area contributed by atoms with Gasteiger partial charge in [0.2, 0.25) is 0 Å². The summed E-state index contributed by atoms with van der Waals surface area (Å²) in [5, 5.41) is 7.89. The highest BCUT2D eigenvalue weighted by Crippen LogP contribution is 2.10. The van der Waals surface area contributed by atoms with Crippen molar-refractivity contribution in [1.82, 2.24) is 6.15 Å². The van der Waals surface area contributed by atoms with E-state index >= 15 is 0 Å². The molecule has 0 saturated carbocycles. The number of hydrogen-bond donors (Lipinski definition) is 3. The number of hydrogen-bond acceptors (Lipinski definition) is 7. The summed E-state index contributed by atoms with van der Waals surface area (Å²) in [5.74, 6) is -0.575. The Hall–Kier alpha value is -2.06. The molecule has 7 nitrogen and oxygen atoms in total. The predicted molar refractivity (Wildman–Crippen MR) is 147 cm³/mol. The van der Waals surface area contributed by atoms with Crippen molar-refractivity contribution in [1.29, 1.82) is 0 Å². The van der Waals surface area contributed by atoms with Crippen molar-refractivity contribution in [3.8, 4) is 0 Å². The molecule has 0 aromatic carbocycles. The number of carbonyl (C=O) groups is 3. The molecule has 0 fully saturated rings. The summed E-state index contributed by atoms with van der Waals surface area (Å²) in [5.41, 5.74) is 0.609. The normalized spacial score (nSPS) is 8.53. The number of unbranched alkanes of at least 4 members (excludes halogenated alkanes) is 9. The molecule has 34 heavy (non-hydrogen) atoms. The largest absolute Gasteiger partial charge is 0.478 e. The third kappa shape index (κ3) is 47.6. The van der Waals surface area contributed by atoms with Crippen LogP contribution in [-0.4, -0.2) is 42.5 Å². The molecule has 0 unspecified atom stereocenters. The fourth-order valence-corrected chi connectivity index (χ4v) is 2.20. The first-order valence-corrected chi connectivity index (χ1v) is 12.2. The first kappa shape index (κ1) is 42.1. The zero-order valence-corrected chi connectivity index (χ0v) is 23.2. The maximum atomic E-state index is 10.2. The van der Waals surface area contributed by atoms with Crippen molar-refractivity contribution in [2.75, 3.05) is 19.5 Å². The van der Waals surface area contributed by atoms with E-state index in [1.807, 2.05) is 0 Å². The number of rotatable bonds is 14. The van der Waals surface area contributed by atoms with Crippen LogP contribution in [0, 0.1) is 0 Å². The van der Waals surface area contributed by atoms with Crippen molar-refractivity contribution >= 4 is 30.5 Å². The Morgan fingerprint density at radius 1 is 0.853 bits per heavy atom. The summed E-state index contributed by atoms with van der Waals surface area (Å²) < 4.78 is 8.71. The van der Waals surface area contributed by atoms with E-state index in [0.29, 0.717) is 12.2 Å². The molecule has 0 radical (unpaired) electrons. The van der Waals surface area contributed by atoms with Crippen LogP contribution in [0.15, 0.2) is 37.0 Å². The summed E-state index contributed by atoms with van der Waals surface area (Å²) >= 11 is 4.20. The van der Waals surface area contributed by atoms with Gasteiger partial charge >= 0.3 is 17.9 Å². The van der Waals surface area contributed by atoms with Gasteiger partial charge in [-0.15, -0.1) is 0 Å². The monoisotopic (exact) mass is 505 g/mol. The van der Waals surface area contributed by atoms with Crippen LogP contribution in [0.3, 0.4) is 0 Å². The van der Waals surface area contributed by atoms with Gasteiger partial charge in [0.15, 0.2) is 0 Å². The zero-order valence-electron chi connectivity index (χ0n) is 22.3. The number of ether oxygens (including phenoxy) is 2. The van der Waals surface area contributed by atoms with Crippen LogP contribution >= 0.6 is 12.6 Å². The van der Waals surface area contributed by atoms with E-state index < -0.39 is 5.97 Å². The lowest BCUT2D eigenvalue weighted by atomic mass is 10.1. The van der Waals surface area contributed by atoms with Crippen LogP contribution in [-0.2, 0) is 23.9 Å². The molecule has 0 aromatic rings. The van der Waals surface area contributed by atoms with Gasteiger partial charge in [-0.1, -0.05) is 84.4 Å². The second-order valence-corrected chi connectivity index (χ2v) is 7.67. The molecule has 0 rings (SSSR count). The Morgan fingerprint density at radius 2 is 1.24 bits per heavy atom. The molecule has 0 aliphatic carbocycles. The number of carbonyl (C=O) groups excluding carboxylic acids is 2. The highest BCUT2D eigenvalue weighted by Gasteiger charge is 1.95. The maximum absolute atomic E-state index is 10.2. The molecule has 0 bridgehead atoms. The molecular formula is C26H51NO6S. The van der Waals surface area contributed by atoms with Gasteiger partial charge in [-0.05, 0) is 32.9 Å². The van der Waals surface area contributed by atoms with Crippen molar-refractivity contribution in [2.24, 2.45) is 0 Å². The Kier molecular flexibility index (Phi) is 44.0. The van der Waals surface area contributed by atoms with Gasteiger partial charge in [0.05, 0.1) is 13.7 Å². The van der Waals surface area contributed by atoms with Crippen molar-refractivity contribution < 1.29 is 29.0 Å². The number of thiol groups is 1. The highest BCUT2D eigenvalue weighted by molar-refractivity contribution is 7.80. The fourth-order valence-electron chi connectivity index (χ4n) is 1.97. The minimum Gasteiger partial charge on any atom is -0.478 e. The third-order valence-corrected chi connectivity index (χ3v) is 4.18. The molecule has 0 aliphatic rings. The number of esters is 2. The maximum Gasteiger partial charge on any atom is 0.332 e. The Bertz CT molecular complexity index is 511. The lowest BCUT2D eigenvalue weighted by Crippen LogP contribution is -1.98. The summed E-state index contributed by atoms with van der Waals surface area (Å²) in [6, 6.07) is 0. The second kappa shape index (κ2) is 35.5. The first-order valence-electron chi connectivity index (χ1n) is 11.6. The van der Waals surface area contributed by atoms with Crippen molar-refractivity contribution in [2.45, 2.75) is 91.9 Å². The van der Waals surface area contributed by atoms with Crippen molar-refractivity contribution in [3.63, 3.8) is 0 Å². The van der Waals surface area contributed by atoms with E-state index in [2.05, 4.69) is 48.8 Å². The Labute approximate surface area is 214 Å². The highest BCUT2D eigenvalue weighted by atomic mass is 32.1. The van der Waals surface area contributed by atoms with Crippen LogP contribution < -0.4 is 6.15 Å². The van der Waals surface area contributed by atoms with Crippen LogP contribution in [0.25, 0.3) is 0 Å². The van der Waals surface area contributed by atoms with Gasteiger partial charge in [0.1, 0.15) is 0 Å². The summed E-state index contributed by atoms with van der Waals surface area (Å²) in [6.07, 6.45) is 15.3. The molecular weight excluding hydrogens is 454 g/mol. The van der Waals surface area contributed by atoms with Crippen LogP contribution in [0.5, 0.6) is 0 Å². The van der Waals surface area contributed by atoms with E-state index in [9.17, 15) is 14.4 Å². The molecule has 0 amide bonds. The molecule has 0 spiro atoms. The van der Waals surface area contributed by atoms with Crippen molar-refractivity contribution in [3.05, 3.63) is 37.0 Å². The summed E-state index contributed by atoms with van der Waals surface area (Å²) in [6.45, 7) is 17.2. The van der Waals surface area contributed by atoms with Crippen LogP contribution in [0.1, 0.15) is 91.9 Å². The molecule has 0 aromatic heterocycles. The number of carboxylic acids is 1. The second-order valence-electron chi connectivity index (χ2n) is 7.22. The predicted octanol–water partition coefficient (Wildman–Crippen LogP) is 7.12. The van der Waals surface area contributed by atoms with Gasteiger partial charge in [0, 0.05) is 17.2 Å². The van der Waals surface area contributed by atoms with E-state index in [1.54, 1.807) is 13.8 Å². The molecule has 0 aliphatic heterocycles. The minimum atomic E-state index is -0.935.